The largest absolute Gasteiger partial charge is 0.337 e. The maximum absolute atomic E-state index is 5.37. The van der Waals surface area contributed by atoms with Gasteiger partial charge in [-0.1, -0.05) is 63.2 Å². The fourth-order valence-electron chi connectivity index (χ4n) is 2.64. The molecule has 0 aliphatic rings. The Kier molecular flexibility index (Phi) is 4.99. The Morgan fingerprint density at radius 1 is 1.14 bits per heavy atom. The van der Waals surface area contributed by atoms with Gasteiger partial charge in [-0.3, -0.25) is 0 Å². The molecule has 0 saturated carbocycles. The molecular formula is C17H25N3O. The number of aromatic nitrogens is 2. The molecule has 21 heavy (non-hydrogen) atoms. The Hall–Kier alpha value is -1.84. The van der Waals surface area contributed by atoms with Crippen LogP contribution in [0.3, 0.4) is 0 Å². The lowest BCUT2D eigenvalue weighted by Crippen LogP contribution is -2.27. The van der Waals surface area contributed by atoms with E-state index in [4.69, 9.17) is 4.52 Å². The van der Waals surface area contributed by atoms with Crippen LogP contribution in [0.5, 0.6) is 0 Å². The number of benzene rings is 1. The zero-order valence-corrected chi connectivity index (χ0v) is 13.4. The first kappa shape index (κ1) is 15.5. The number of rotatable bonds is 7. The van der Waals surface area contributed by atoms with Crippen molar-refractivity contribution in [2.45, 2.75) is 46.0 Å². The van der Waals surface area contributed by atoms with Gasteiger partial charge in [-0.15, -0.1) is 0 Å². The van der Waals surface area contributed by atoms with Gasteiger partial charge in [0.15, 0.2) is 5.82 Å². The summed E-state index contributed by atoms with van der Waals surface area (Å²) >= 11 is 0. The first-order valence-electron chi connectivity index (χ1n) is 7.76. The van der Waals surface area contributed by atoms with Crippen LogP contribution >= 0.6 is 0 Å². The number of hydrogen-bond donors (Lipinski definition) is 1. The molecule has 0 atom stereocenters. The van der Waals surface area contributed by atoms with Crippen LogP contribution in [0, 0.1) is 5.92 Å². The van der Waals surface area contributed by atoms with Crippen LogP contribution in [0.4, 0.5) is 6.01 Å². The van der Waals surface area contributed by atoms with Gasteiger partial charge < -0.3 is 9.84 Å². The zero-order chi connectivity index (χ0) is 15.3. The first-order valence-corrected chi connectivity index (χ1v) is 7.76. The SMILES string of the molecule is CCC(CC)(c1ccccc1)c1noc(NCC(C)C)n1. The van der Waals surface area contributed by atoms with E-state index >= 15 is 0 Å². The van der Waals surface area contributed by atoms with Crippen molar-refractivity contribution in [3.05, 3.63) is 41.7 Å². The summed E-state index contributed by atoms with van der Waals surface area (Å²) in [7, 11) is 0. The van der Waals surface area contributed by atoms with E-state index in [1.807, 2.05) is 6.07 Å². The van der Waals surface area contributed by atoms with Crippen LogP contribution in [-0.2, 0) is 5.41 Å². The van der Waals surface area contributed by atoms with Crippen molar-refractivity contribution in [2.24, 2.45) is 5.92 Å². The highest BCUT2D eigenvalue weighted by atomic mass is 16.5. The summed E-state index contributed by atoms with van der Waals surface area (Å²) in [6.45, 7) is 9.48. The normalized spacial score (nSPS) is 11.9. The van der Waals surface area contributed by atoms with Gasteiger partial charge in [0, 0.05) is 6.54 Å². The van der Waals surface area contributed by atoms with Crippen LogP contribution < -0.4 is 5.32 Å². The van der Waals surface area contributed by atoms with Crippen molar-refractivity contribution in [2.75, 3.05) is 11.9 Å². The molecule has 0 spiro atoms. The van der Waals surface area contributed by atoms with Crippen molar-refractivity contribution < 1.29 is 4.52 Å². The summed E-state index contributed by atoms with van der Waals surface area (Å²) in [6, 6.07) is 11.0. The standard InChI is InChI=1S/C17H25N3O/c1-5-17(6-2,14-10-8-7-9-11-14)15-19-16(21-20-15)18-12-13(3)4/h7-11,13H,5-6,12H2,1-4H3,(H,18,19,20). The third kappa shape index (κ3) is 3.26. The van der Waals surface area contributed by atoms with E-state index in [1.165, 1.54) is 5.56 Å². The van der Waals surface area contributed by atoms with E-state index < -0.39 is 0 Å². The summed E-state index contributed by atoms with van der Waals surface area (Å²) in [4.78, 5) is 4.58. The predicted molar refractivity (Wildman–Crippen MR) is 85.4 cm³/mol. The molecule has 0 aliphatic carbocycles. The second-order valence-electron chi connectivity index (χ2n) is 5.85. The van der Waals surface area contributed by atoms with Crippen LogP contribution in [0.15, 0.2) is 34.9 Å². The second-order valence-corrected chi connectivity index (χ2v) is 5.85. The topological polar surface area (TPSA) is 51.0 Å². The lowest BCUT2D eigenvalue weighted by molar-refractivity contribution is 0.381. The van der Waals surface area contributed by atoms with Gasteiger partial charge in [-0.05, 0) is 24.3 Å². The lowest BCUT2D eigenvalue weighted by Gasteiger charge is -2.28. The molecule has 4 nitrogen and oxygen atoms in total. The third-order valence-corrected chi connectivity index (χ3v) is 4.05. The number of nitrogens with zero attached hydrogens (tertiary/aromatic N) is 2. The molecule has 4 heteroatoms. The molecule has 0 fully saturated rings. The summed E-state index contributed by atoms with van der Waals surface area (Å²) in [5.74, 6) is 1.31. The molecule has 0 radical (unpaired) electrons. The molecule has 0 aliphatic heterocycles. The van der Waals surface area contributed by atoms with Gasteiger partial charge in [0.2, 0.25) is 0 Å². The van der Waals surface area contributed by atoms with Crippen LogP contribution in [-0.4, -0.2) is 16.7 Å². The summed E-state index contributed by atoms with van der Waals surface area (Å²) in [5, 5.41) is 7.43. The Bertz CT molecular complexity index is 544. The van der Waals surface area contributed by atoms with Crippen LogP contribution in [0.1, 0.15) is 51.9 Å². The molecule has 1 heterocycles. The Morgan fingerprint density at radius 2 is 1.81 bits per heavy atom. The van der Waals surface area contributed by atoms with E-state index in [0.29, 0.717) is 11.9 Å². The summed E-state index contributed by atoms with van der Waals surface area (Å²) in [5.41, 5.74) is 1.06. The van der Waals surface area contributed by atoms with Crippen LogP contribution in [0.2, 0.25) is 0 Å². The molecule has 0 unspecified atom stereocenters. The molecule has 2 rings (SSSR count). The predicted octanol–water partition coefficient (Wildman–Crippen LogP) is 4.24. The van der Waals surface area contributed by atoms with Crippen molar-refractivity contribution in [1.82, 2.24) is 10.1 Å². The molecule has 1 aromatic heterocycles. The average molecular weight is 287 g/mol. The van der Waals surface area contributed by atoms with Gasteiger partial charge in [0.05, 0.1) is 5.41 Å². The minimum Gasteiger partial charge on any atom is -0.337 e. The van der Waals surface area contributed by atoms with Gasteiger partial charge in [0.25, 0.3) is 0 Å². The van der Waals surface area contributed by atoms with E-state index in [-0.39, 0.29) is 5.41 Å². The van der Waals surface area contributed by atoms with E-state index in [2.05, 4.69) is 67.4 Å². The van der Waals surface area contributed by atoms with Crippen molar-refractivity contribution in [3.63, 3.8) is 0 Å². The lowest BCUT2D eigenvalue weighted by atomic mass is 9.75. The molecule has 0 amide bonds. The maximum Gasteiger partial charge on any atom is 0.321 e. The van der Waals surface area contributed by atoms with Crippen molar-refractivity contribution >= 4 is 6.01 Å². The minimum absolute atomic E-state index is 0.178. The van der Waals surface area contributed by atoms with Crippen molar-refractivity contribution in [3.8, 4) is 0 Å². The second kappa shape index (κ2) is 6.74. The van der Waals surface area contributed by atoms with E-state index in [0.717, 1.165) is 25.2 Å². The molecule has 0 saturated heterocycles. The van der Waals surface area contributed by atoms with Gasteiger partial charge in [-0.25, -0.2) is 0 Å². The Balaban J connectivity index is 2.31. The fourth-order valence-corrected chi connectivity index (χ4v) is 2.64. The summed E-state index contributed by atoms with van der Waals surface area (Å²) < 4.78 is 5.37. The number of hydrogen-bond acceptors (Lipinski definition) is 4. The molecule has 1 N–H and O–H groups in total. The van der Waals surface area contributed by atoms with E-state index in [9.17, 15) is 0 Å². The molecular weight excluding hydrogens is 262 g/mol. The highest BCUT2D eigenvalue weighted by molar-refractivity contribution is 5.34. The summed E-state index contributed by atoms with van der Waals surface area (Å²) in [6.07, 6.45) is 1.88. The fraction of sp³-hybridized carbons (Fsp3) is 0.529. The first-order chi connectivity index (χ1) is 10.1. The van der Waals surface area contributed by atoms with Gasteiger partial charge in [-0.2, -0.15) is 4.98 Å². The minimum atomic E-state index is -0.178. The zero-order valence-electron chi connectivity index (χ0n) is 13.4. The maximum atomic E-state index is 5.37. The third-order valence-electron chi connectivity index (χ3n) is 4.05. The Morgan fingerprint density at radius 3 is 2.38 bits per heavy atom. The monoisotopic (exact) mass is 287 g/mol. The molecule has 2 aromatic rings. The number of anilines is 1. The Labute approximate surface area is 127 Å². The molecule has 0 bridgehead atoms. The highest BCUT2D eigenvalue weighted by Crippen LogP contribution is 2.37. The quantitative estimate of drug-likeness (QED) is 0.827. The van der Waals surface area contributed by atoms with Crippen LogP contribution in [0.25, 0.3) is 0 Å². The average Bonchev–Trinajstić information content (AvgIpc) is 2.98. The number of nitrogens with one attached hydrogen (secondary N) is 1. The smallest absolute Gasteiger partial charge is 0.321 e. The molecule has 1 aromatic carbocycles. The van der Waals surface area contributed by atoms with Crippen molar-refractivity contribution in [1.29, 1.82) is 0 Å². The van der Waals surface area contributed by atoms with E-state index in [1.54, 1.807) is 0 Å². The molecule has 114 valence electrons. The van der Waals surface area contributed by atoms with Gasteiger partial charge >= 0.3 is 6.01 Å². The van der Waals surface area contributed by atoms with Gasteiger partial charge in [0.1, 0.15) is 0 Å². The highest BCUT2D eigenvalue weighted by Gasteiger charge is 2.35.